The number of amides is 2. The van der Waals surface area contributed by atoms with Gasteiger partial charge < -0.3 is 9.80 Å². The average Bonchev–Trinajstić information content (AvgIpc) is 2.92. The number of anilines is 1. The Labute approximate surface area is 145 Å². The fourth-order valence-electron chi connectivity index (χ4n) is 3.44. The van der Waals surface area contributed by atoms with E-state index in [9.17, 15) is 9.59 Å². The summed E-state index contributed by atoms with van der Waals surface area (Å²) in [6.45, 7) is 4.88. The second-order valence-corrected chi connectivity index (χ2v) is 6.34. The number of benzene rings is 1. The van der Waals surface area contributed by atoms with Crippen LogP contribution in [0.1, 0.15) is 20.7 Å². The van der Waals surface area contributed by atoms with Crippen LogP contribution in [0.15, 0.2) is 42.7 Å². The summed E-state index contributed by atoms with van der Waals surface area (Å²) < 4.78 is 0. The van der Waals surface area contributed by atoms with Crippen molar-refractivity contribution in [2.75, 3.05) is 44.2 Å². The van der Waals surface area contributed by atoms with Gasteiger partial charge in [0, 0.05) is 12.4 Å². The Balaban J connectivity index is 1.32. The number of hydrogen-bond donors (Lipinski definition) is 1. The van der Waals surface area contributed by atoms with Crippen molar-refractivity contribution >= 4 is 17.8 Å². The van der Waals surface area contributed by atoms with Crippen LogP contribution in [0.3, 0.4) is 0 Å². The number of rotatable bonds is 4. The molecule has 0 radical (unpaired) electrons. The summed E-state index contributed by atoms with van der Waals surface area (Å²) in [7, 11) is 0. The Bertz CT molecular complexity index is 752. The second kappa shape index (κ2) is 6.60. The van der Waals surface area contributed by atoms with E-state index in [1.807, 2.05) is 6.07 Å². The number of hydrogen-bond acceptors (Lipinski definition) is 5. The summed E-state index contributed by atoms with van der Waals surface area (Å²) in [4.78, 5) is 38.3. The maximum absolute atomic E-state index is 12.4. The van der Waals surface area contributed by atoms with Crippen molar-refractivity contribution in [3.8, 4) is 0 Å². The highest BCUT2D eigenvalue weighted by atomic mass is 16.2. The number of piperazine rings is 1. The van der Waals surface area contributed by atoms with Gasteiger partial charge in [0.1, 0.15) is 0 Å². The number of aromatic nitrogens is 2. The Morgan fingerprint density at radius 2 is 1.52 bits per heavy atom. The minimum absolute atomic E-state index is 0.170. The van der Waals surface area contributed by atoms with Crippen molar-refractivity contribution in [1.82, 2.24) is 14.9 Å². The maximum Gasteiger partial charge on any atom is 0.261 e. The Hall–Kier alpha value is -2.80. The summed E-state index contributed by atoms with van der Waals surface area (Å²) in [5, 5.41) is 0. The van der Waals surface area contributed by atoms with Crippen LogP contribution in [0.5, 0.6) is 0 Å². The van der Waals surface area contributed by atoms with Gasteiger partial charge in [-0.2, -0.15) is 0 Å². The van der Waals surface area contributed by atoms with Crippen LogP contribution in [-0.2, 0) is 0 Å². The van der Waals surface area contributed by atoms with Crippen molar-refractivity contribution in [3.63, 3.8) is 0 Å². The zero-order valence-electron chi connectivity index (χ0n) is 13.9. The number of imide groups is 1. The molecule has 0 aliphatic carbocycles. The highest BCUT2D eigenvalue weighted by Gasteiger charge is 2.35. The molecule has 0 unspecified atom stereocenters. The molecule has 2 aliphatic rings. The van der Waals surface area contributed by atoms with E-state index in [4.69, 9.17) is 0 Å². The van der Waals surface area contributed by atoms with Crippen LogP contribution >= 0.6 is 0 Å². The van der Waals surface area contributed by atoms with E-state index in [1.54, 1.807) is 36.7 Å². The van der Waals surface area contributed by atoms with E-state index in [0.717, 1.165) is 38.7 Å². The lowest BCUT2D eigenvalue weighted by Crippen LogP contribution is -3.15. The van der Waals surface area contributed by atoms with E-state index in [0.29, 0.717) is 17.7 Å². The highest BCUT2D eigenvalue weighted by Crippen LogP contribution is 2.21. The van der Waals surface area contributed by atoms with Gasteiger partial charge in [0.2, 0.25) is 5.95 Å². The lowest BCUT2D eigenvalue weighted by atomic mass is 10.1. The average molecular weight is 338 g/mol. The van der Waals surface area contributed by atoms with Gasteiger partial charge in [-0.05, 0) is 18.2 Å². The van der Waals surface area contributed by atoms with Gasteiger partial charge in [-0.25, -0.2) is 9.97 Å². The fraction of sp³-hybridized carbons (Fsp3) is 0.333. The minimum Gasteiger partial charge on any atom is -0.331 e. The molecule has 1 saturated heterocycles. The lowest BCUT2D eigenvalue weighted by Gasteiger charge is -2.32. The molecule has 128 valence electrons. The monoisotopic (exact) mass is 338 g/mol. The molecule has 25 heavy (non-hydrogen) atoms. The molecular weight excluding hydrogens is 318 g/mol. The third-order valence-electron chi connectivity index (χ3n) is 4.87. The van der Waals surface area contributed by atoms with Crippen LogP contribution in [0, 0.1) is 0 Å². The smallest absolute Gasteiger partial charge is 0.261 e. The highest BCUT2D eigenvalue weighted by molar-refractivity contribution is 6.21. The molecule has 2 aromatic rings. The van der Waals surface area contributed by atoms with Gasteiger partial charge in [0.05, 0.1) is 50.4 Å². The predicted octanol–water partition coefficient (Wildman–Crippen LogP) is -0.522. The first kappa shape index (κ1) is 15.7. The predicted molar refractivity (Wildman–Crippen MR) is 91.6 cm³/mol. The molecule has 7 nitrogen and oxygen atoms in total. The Morgan fingerprint density at radius 3 is 2.12 bits per heavy atom. The number of carbonyl (C=O) groups excluding carboxylic acids is 2. The molecule has 0 bridgehead atoms. The molecule has 2 amide bonds. The van der Waals surface area contributed by atoms with E-state index >= 15 is 0 Å². The summed E-state index contributed by atoms with van der Waals surface area (Å²) in [6, 6.07) is 8.85. The minimum atomic E-state index is -0.170. The molecule has 7 heteroatoms. The third kappa shape index (κ3) is 2.98. The molecule has 0 spiro atoms. The fourth-order valence-corrected chi connectivity index (χ4v) is 3.44. The summed E-state index contributed by atoms with van der Waals surface area (Å²) >= 11 is 0. The quantitative estimate of drug-likeness (QED) is 0.760. The third-order valence-corrected chi connectivity index (χ3v) is 4.87. The molecule has 0 atom stereocenters. The Kier molecular flexibility index (Phi) is 4.15. The molecule has 2 aliphatic heterocycles. The van der Waals surface area contributed by atoms with E-state index in [1.165, 1.54) is 9.80 Å². The van der Waals surface area contributed by atoms with Crippen LogP contribution in [0.2, 0.25) is 0 Å². The maximum atomic E-state index is 12.4. The largest absolute Gasteiger partial charge is 0.331 e. The molecule has 1 fully saturated rings. The van der Waals surface area contributed by atoms with Crippen molar-refractivity contribution in [2.45, 2.75) is 0 Å². The van der Waals surface area contributed by atoms with E-state index in [-0.39, 0.29) is 11.8 Å². The van der Waals surface area contributed by atoms with Crippen molar-refractivity contribution < 1.29 is 14.5 Å². The first-order valence-corrected chi connectivity index (χ1v) is 8.55. The number of carbonyl (C=O) groups is 2. The molecule has 3 heterocycles. The number of nitrogens with zero attached hydrogens (tertiary/aromatic N) is 4. The summed E-state index contributed by atoms with van der Waals surface area (Å²) in [5.41, 5.74) is 1.04. The number of nitrogens with one attached hydrogen (secondary N) is 1. The summed E-state index contributed by atoms with van der Waals surface area (Å²) in [5.74, 6) is 0.426. The van der Waals surface area contributed by atoms with Crippen LogP contribution in [0.4, 0.5) is 5.95 Å². The van der Waals surface area contributed by atoms with Gasteiger partial charge in [0.25, 0.3) is 11.8 Å². The molecule has 1 aromatic heterocycles. The van der Waals surface area contributed by atoms with E-state index < -0.39 is 0 Å². The lowest BCUT2D eigenvalue weighted by molar-refractivity contribution is -0.899. The van der Waals surface area contributed by atoms with Crippen LogP contribution < -0.4 is 9.80 Å². The van der Waals surface area contributed by atoms with Gasteiger partial charge in [-0.1, -0.05) is 12.1 Å². The van der Waals surface area contributed by atoms with Crippen molar-refractivity contribution in [2.24, 2.45) is 0 Å². The number of fused-ring (bicyclic) bond motifs is 1. The molecular formula is C18H20N5O2+. The van der Waals surface area contributed by atoms with Crippen LogP contribution in [-0.4, -0.2) is 66.0 Å². The topological polar surface area (TPSA) is 70.8 Å². The van der Waals surface area contributed by atoms with Crippen molar-refractivity contribution in [1.29, 1.82) is 0 Å². The molecule has 0 saturated carbocycles. The molecule has 4 rings (SSSR count). The SMILES string of the molecule is O=C1c2ccccc2C(=O)N1CC[NH+]1CCN(c2ncccn2)CC1. The van der Waals surface area contributed by atoms with Gasteiger partial charge in [-0.3, -0.25) is 14.5 Å². The van der Waals surface area contributed by atoms with Gasteiger partial charge in [0.15, 0.2) is 0 Å². The Morgan fingerprint density at radius 1 is 0.920 bits per heavy atom. The molecule has 1 aromatic carbocycles. The zero-order valence-corrected chi connectivity index (χ0v) is 13.9. The van der Waals surface area contributed by atoms with Gasteiger partial charge >= 0.3 is 0 Å². The summed E-state index contributed by atoms with van der Waals surface area (Å²) in [6.07, 6.45) is 3.51. The van der Waals surface area contributed by atoms with Crippen molar-refractivity contribution in [3.05, 3.63) is 53.9 Å². The normalized spacial score (nSPS) is 17.9. The number of quaternary nitrogens is 1. The zero-order chi connectivity index (χ0) is 17.2. The van der Waals surface area contributed by atoms with E-state index in [2.05, 4.69) is 14.9 Å². The van der Waals surface area contributed by atoms with Crippen LogP contribution in [0.25, 0.3) is 0 Å². The first-order valence-electron chi connectivity index (χ1n) is 8.55. The molecule has 1 N–H and O–H groups in total. The standard InChI is InChI=1S/C18H19N5O2/c24-16-14-4-1-2-5-15(14)17(25)23(16)13-10-21-8-11-22(12-9-21)18-19-6-3-7-20-18/h1-7H,8-13H2/p+1. The second-order valence-electron chi connectivity index (χ2n) is 6.34. The first-order chi connectivity index (χ1) is 12.2. The van der Waals surface area contributed by atoms with Gasteiger partial charge in [-0.15, -0.1) is 0 Å².